The number of nitrogens with zero attached hydrogens (tertiary/aromatic N) is 6. The van der Waals surface area contributed by atoms with Crippen molar-refractivity contribution in [1.82, 2.24) is 29.3 Å². The van der Waals surface area contributed by atoms with Crippen molar-refractivity contribution in [2.24, 2.45) is 12.0 Å². The van der Waals surface area contributed by atoms with Crippen LogP contribution in [0, 0.1) is 6.92 Å². The number of aromatic nitrogens is 4. The van der Waals surface area contributed by atoms with Crippen LogP contribution in [0.3, 0.4) is 0 Å². The Morgan fingerprint density at radius 3 is 2.63 bits per heavy atom. The molecule has 0 aromatic carbocycles. The molecule has 1 N–H and O–H groups in total. The third kappa shape index (κ3) is 4.88. The van der Waals surface area contributed by atoms with Gasteiger partial charge in [-0.25, -0.2) is 9.97 Å². The Balaban J connectivity index is 0.00000261. The minimum absolute atomic E-state index is 0. The molecule has 0 unspecified atom stereocenters. The van der Waals surface area contributed by atoms with Crippen LogP contribution in [0.15, 0.2) is 54.0 Å². The standard InChI is InChI=1S/C19H25N7.HI/c1-15-21-10-12-26(15)18-16(7-5-9-22-18)13-23-19(20-2)25(4)14-17-8-6-11-24(17)3;/h5-12H,13-14H2,1-4H3,(H,20,23);1H. The zero-order valence-corrected chi connectivity index (χ0v) is 18.5. The van der Waals surface area contributed by atoms with Crippen molar-refractivity contribution in [3.05, 3.63) is 66.1 Å². The number of nitrogens with one attached hydrogen (secondary N) is 1. The van der Waals surface area contributed by atoms with Gasteiger partial charge in [0.15, 0.2) is 5.96 Å². The average molecular weight is 479 g/mol. The number of rotatable bonds is 5. The van der Waals surface area contributed by atoms with E-state index >= 15 is 0 Å². The molecule has 3 heterocycles. The predicted molar refractivity (Wildman–Crippen MR) is 119 cm³/mol. The van der Waals surface area contributed by atoms with Gasteiger partial charge in [0.2, 0.25) is 0 Å². The van der Waals surface area contributed by atoms with Gasteiger partial charge in [0.25, 0.3) is 0 Å². The van der Waals surface area contributed by atoms with E-state index in [1.165, 1.54) is 5.69 Å². The number of halogens is 1. The number of aryl methyl sites for hydroxylation is 2. The van der Waals surface area contributed by atoms with Gasteiger partial charge >= 0.3 is 0 Å². The quantitative estimate of drug-likeness (QED) is 0.348. The maximum Gasteiger partial charge on any atom is 0.194 e. The number of guanidine groups is 1. The first kappa shape index (κ1) is 20.9. The van der Waals surface area contributed by atoms with E-state index in [1.807, 2.05) is 30.8 Å². The van der Waals surface area contributed by atoms with Gasteiger partial charge in [-0.3, -0.25) is 9.56 Å². The molecule has 0 atom stereocenters. The van der Waals surface area contributed by atoms with Crippen molar-refractivity contribution < 1.29 is 0 Å². The highest BCUT2D eigenvalue weighted by Crippen LogP contribution is 2.13. The summed E-state index contributed by atoms with van der Waals surface area (Å²) in [6, 6.07) is 8.18. The first-order valence-corrected chi connectivity index (χ1v) is 8.56. The molecule has 3 rings (SSSR count). The fourth-order valence-corrected chi connectivity index (χ4v) is 2.92. The Kier molecular flexibility index (Phi) is 7.40. The summed E-state index contributed by atoms with van der Waals surface area (Å²) in [5, 5.41) is 3.43. The second-order valence-electron chi connectivity index (χ2n) is 6.20. The number of pyridine rings is 1. The Hall–Kier alpha value is -2.36. The average Bonchev–Trinajstić information content (AvgIpc) is 3.24. The molecule has 0 saturated heterocycles. The van der Waals surface area contributed by atoms with E-state index in [-0.39, 0.29) is 24.0 Å². The van der Waals surface area contributed by atoms with Crippen molar-refractivity contribution in [2.75, 3.05) is 14.1 Å². The lowest BCUT2D eigenvalue weighted by atomic mass is 10.2. The molecule has 0 amide bonds. The van der Waals surface area contributed by atoms with Gasteiger partial charge < -0.3 is 14.8 Å². The normalized spacial score (nSPS) is 11.2. The van der Waals surface area contributed by atoms with Crippen molar-refractivity contribution in [3.63, 3.8) is 0 Å². The molecule has 144 valence electrons. The van der Waals surface area contributed by atoms with Gasteiger partial charge in [-0.15, -0.1) is 24.0 Å². The third-order valence-corrected chi connectivity index (χ3v) is 4.38. The lowest BCUT2D eigenvalue weighted by Crippen LogP contribution is -2.38. The molecule has 0 aliphatic heterocycles. The molecule has 0 spiro atoms. The summed E-state index contributed by atoms with van der Waals surface area (Å²) in [6.45, 7) is 3.38. The summed E-state index contributed by atoms with van der Waals surface area (Å²) in [6.07, 6.45) is 7.56. The summed E-state index contributed by atoms with van der Waals surface area (Å²) in [7, 11) is 5.88. The van der Waals surface area contributed by atoms with Crippen molar-refractivity contribution >= 4 is 29.9 Å². The van der Waals surface area contributed by atoms with E-state index in [9.17, 15) is 0 Å². The molecule has 8 heteroatoms. The highest BCUT2D eigenvalue weighted by molar-refractivity contribution is 14.0. The van der Waals surface area contributed by atoms with Crippen LogP contribution in [0.4, 0.5) is 0 Å². The monoisotopic (exact) mass is 479 g/mol. The van der Waals surface area contributed by atoms with Crippen molar-refractivity contribution in [3.8, 4) is 5.82 Å². The molecule has 0 fully saturated rings. The predicted octanol–water partition coefficient (Wildman–Crippen LogP) is 2.74. The number of hydrogen-bond donors (Lipinski definition) is 1. The van der Waals surface area contributed by atoms with Gasteiger partial charge in [0.1, 0.15) is 11.6 Å². The molecule has 7 nitrogen and oxygen atoms in total. The highest BCUT2D eigenvalue weighted by Gasteiger charge is 2.11. The van der Waals surface area contributed by atoms with Crippen LogP contribution in [-0.4, -0.2) is 44.1 Å². The Morgan fingerprint density at radius 2 is 2.00 bits per heavy atom. The first-order valence-electron chi connectivity index (χ1n) is 8.56. The molecule has 0 bridgehead atoms. The maximum atomic E-state index is 4.53. The van der Waals surface area contributed by atoms with Gasteiger partial charge in [-0.05, 0) is 25.1 Å². The molecule has 0 aliphatic rings. The Morgan fingerprint density at radius 1 is 1.19 bits per heavy atom. The minimum Gasteiger partial charge on any atom is -0.353 e. The maximum absolute atomic E-state index is 4.53. The lowest BCUT2D eigenvalue weighted by Gasteiger charge is -2.23. The summed E-state index contributed by atoms with van der Waals surface area (Å²) in [4.78, 5) is 15.3. The second-order valence-corrected chi connectivity index (χ2v) is 6.20. The molecular formula is C19H26IN7. The topological polar surface area (TPSA) is 63.3 Å². The van der Waals surface area contributed by atoms with Gasteiger partial charge in [-0.2, -0.15) is 0 Å². The van der Waals surface area contributed by atoms with Gasteiger partial charge in [0, 0.05) is 63.7 Å². The molecule has 3 aromatic rings. The van der Waals surface area contributed by atoms with Crippen LogP contribution in [0.25, 0.3) is 5.82 Å². The van der Waals surface area contributed by atoms with Crippen LogP contribution in [0.1, 0.15) is 17.1 Å². The summed E-state index contributed by atoms with van der Waals surface area (Å²) in [5.41, 5.74) is 2.31. The SMILES string of the molecule is CN=C(NCc1cccnc1-n1ccnc1C)N(C)Cc1cccn1C.I. The zero-order valence-electron chi connectivity index (χ0n) is 16.1. The fraction of sp³-hybridized carbons (Fsp3) is 0.316. The minimum atomic E-state index is 0. The van der Waals surface area contributed by atoms with E-state index in [2.05, 4.69) is 61.2 Å². The molecule has 0 aliphatic carbocycles. The Labute approximate surface area is 177 Å². The van der Waals surface area contributed by atoms with E-state index in [1.54, 1.807) is 19.4 Å². The second kappa shape index (κ2) is 9.54. The molecular weight excluding hydrogens is 453 g/mol. The summed E-state index contributed by atoms with van der Waals surface area (Å²) >= 11 is 0. The summed E-state index contributed by atoms with van der Waals surface area (Å²) in [5.74, 6) is 2.63. The zero-order chi connectivity index (χ0) is 18.5. The van der Waals surface area contributed by atoms with E-state index < -0.39 is 0 Å². The largest absolute Gasteiger partial charge is 0.353 e. The van der Waals surface area contributed by atoms with E-state index in [4.69, 9.17) is 0 Å². The fourth-order valence-electron chi connectivity index (χ4n) is 2.92. The van der Waals surface area contributed by atoms with Crippen LogP contribution in [0.2, 0.25) is 0 Å². The van der Waals surface area contributed by atoms with Crippen LogP contribution in [0.5, 0.6) is 0 Å². The summed E-state index contributed by atoms with van der Waals surface area (Å²) < 4.78 is 4.11. The van der Waals surface area contributed by atoms with Gasteiger partial charge in [0.05, 0.1) is 6.54 Å². The third-order valence-electron chi connectivity index (χ3n) is 4.38. The first-order chi connectivity index (χ1) is 12.6. The van der Waals surface area contributed by atoms with E-state index in [0.29, 0.717) is 6.54 Å². The van der Waals surface area contributed by atoms with Crippen molar-refractivity contribution in [1.29, 1.82) is 0 Å². The molecule has 3 aromatic heterocycles. The van der Waals surface area contributed by atoms with Gasteiger partial charge in [-0.1, -0.05) is 6.07 Å². The van der Waals surface area contributed by atoms with Crippen LogP contribution in [-0.2, 0) is 20.1 Å². The van der Waals surface area contributed by atoms with Crippen LogP contribution < -0.4 is 5.32 Å². The van der Waals surface area contributed by atoms with E-state index in [0.717, 1.165) is 29.7 Å². The number of imidazole rings is 1. The van der Waals surface area contributed by atoms with Crippen molar-refractivity contribution in [2.45, 2.75) is 20.0 Å². The lowest BCUT2D eigenvalue weighted by molar-refractivity contribution is 0.461. The molecule has 0 radical (unpaired) electrons. The molecule has 0 saturated carbocycles. The number of hydrogen-bond acceptors (Lipinski definition) is 3. The molecule has 27 heavy (non-hydrogen) atoms. The number of aliphatic imine (C=N–C) groups is 1. The highest BCUT2D eigenvalue weighted by atomic mass is 127. The smallest absolute Gasteiger partial charge is 0.194 e. The van der Waals surface area contributed by atoms with Crippen LogP contribution >= 0.6 is 24.0 Å². The Bertz CT molecular complexity index is 897.